The van der Waals surface area contributed by atoms with Crippen LogP contribution in [0.15, 0.2) is 11.6 Å². The molecule has 4 rings (SSSR count). The molecule has 0 N–H and O–H groups in total. The molecule has 0 amide bonds. The van der Waals surface area contributed by atoms with E-state index in [-0.39, 0.29) is 29.3 Å². The first-order valence-electron chi connectivity index (χ1n) is 9.68. The lowest BCUT2D eigenvalue weighted by atomic mass is 9.46. The first-order valence-corrected chi connectivity index (χ1v) is 11.2. The molecule has 0 aromatic rings. The number of alkyl halides is 1. The van der Waals surface area contributed by atoms with Crippen LogP contribution >= 0.6 is 22.6 Å². The Balaban J connectivity index is 1.69. The van der Waals surface area contributed by atoms with E-state index in [9.17, 15) is 14.4 Å². The van der Waals surface area contributed by atoms with Crippen molar-refractivity contribution >= 4 is 39.9 Å². The molecule has 0 saturated heterocycles. The van der Waals surface area contributed by atoms with E-state index in [1.165, 1.54) is 0 Å². The van der Waals surface area contributed by atoms with Crippen molar-refractivity contribution in [1.82, 2.24) is 0 Å². The van der Waals surface area contributed by atoms with Gasteiger partial charge in [0.15, 0.2) is 11.6 Å². The Kier molecular flexibility index (Phi) is 4.29. The fourth-order valence-corrected chi connectivity index (χ4v) is 7.58. The maximum atomic E-state index is 12.9. The fourth-order valence-electron chi connectivity index (χ4n) is 7.04. The van der Waals surface area contributed by atoms with Crippen LogP contribution in [0.1, 0.15) is 58.8 Å². The number of hydrogen-bond acceptors (Lipinski definition) is 3. The van der Waals surface area contributed by atoms with Crippen LogP contribution in [0.4, 0.5) is 0 Å². The number of carbonyl (C=O) groups is 3. The van der Waals surface area contributed by atoms with Crippen LogP contribution in [-0.2, 0) is 14.4 Å². The molecule has 25 heavy (non-hydrogen) atoms. The van der Waals surface area contributed by atoms with Crippen molar-refractivity contribution in [2.24, 2.45) is 34.5 Å². The second-order valence-corrected chi connectivity index (χ2v) is 9.89. The summed E-state index contributed by atoms with van der Waals surface area (Å²) in [5.74, 6) is 2.22. The minimum Gasteiger partial charge on any atom is -0.299 e. The number of hydrogen-bond donors (Lipinski definition) is 0. The molecule has 3 fully saturated rings. The van der Waals surface area contributed by atoms with Gasteiger partial charge in [0.1, 0.15) is 5.78 Å². The van der Waals surface area contributed by atoms with Crippen molar-refractivity contribution in [3.05, 3.63) is 11.6 Å². The highest BCUT2D eigenvalue weighted by molar-refractivity contribution is 14.1. The fraction of sp³-hybridized carbons (Fsp3) is 0.762. The Labute approximate surface area is 163 Å². The van der Waals surface area contributed by atoms with E-state index >= 15 is 0 Å². The Morgan fingerprint density at radius 3 is 2.64 bits per heavy atom. The summed E-state index contributed by atoms with van der Waals surface area (Å²) in [4.78, 5) is 37.3. The Bertz CT molecular complexity index is 681. The Hall–Kier alpha value is -0.520. The van der Waals surface area contributed by atoms with Crippen molar-refractivity contribution in [2.75, 3.05) is 4.43 Å². The summed E-state index contributed by atoms with van der Waals surface area (Å²) >= 11 is 2.21. The van der Waals surface area contributed by atoms with E-state index in [4.69, 9.17) is 0 Å². The van der Waals surface area contributed by atoms with Gasteiger partial charge in [-0.05, 0) is 74.7 Å². The van der Waals surface area contributed by atoms with Crippen LogP contribution in [0, 0.1) is 34.5 Å². The summed E-state index contributed by atoms with van der Waals surface area (Å²) in [6.07, 6.45) is 8.06. The van der Waals surface area contributed by atoms with Crippen molar-refractivity contribution in [3.8, 4) is 0 Å². The minimum atomic E-state index is -0.427. The molecule has 0 aliphatic heterocycles. The predicted molar refractivity (Wildman–Crippen MR) is 104 cm³/mol. The lowest BCUT2D eigenvalue weighted by Gasteiger charge is -2.57. The van der Waals surface area contributed by atoms with Gasteiger partial charge in [-0.15, -0.1) is 0 Å². The molecule has 4 aliphatic rings. The third-order valence-corrected chi connectivity index (χ3v) is 9.11. The van der Waals surface area contributed by atoms with Gasteiger partial charge in [0.05, 0.1) is 16.3 Å². The highest BCUT2D eigenvalue weighted by Crippen LogP contribution is 2.66. The molecular formula is C21H27IO3. The number of fused-ring (bicyclic) bond motifs is 5. The van der Waals surface area contributed by atoms with Crippen LogP contribution in [0.25, 0.3) is 0 Å². The lowest BCUT2D eigenvalue weighted by molar-refractivity contribution is -0.142. The van der Waals surface area contributed by atoms with Crippen LogP contribution in [0.5, 0.6) is 0 Å². The molecule has 3 nitrogen and oxygen atoms in total. The molecule has 0 spiro atoms. The average molecular weight is 454 g/mol. The molecule has 0 unspecified atom stereocenters. The molecule has 0 bridgehead atoms. The number of halogens is 1. The zero-order chi connectivity index (χ0) is 18.0. The number of ketones is 3. The van der Waals surface area contributed by atoms with Gasteiger partial charge in [-0.3, -0.25) is 14.4 Å². The second-order valence-electron chi connectivity index (χ2n) is 9.13. The topological polar surface area (TPSA) is 51.2 Å². The van der Waals surface area contributed by atoms with Crippen molar-refractivity contribution in [2.45, 2.75) is 58.8 Å². The smallest absolute Gasteiger partial charge is 0.163 e. The molecule has 0 radical (unpaired) electrons. The van der Waals surface area contributed by atoms with E-state index in [0.29, 0.717) is 28.0 Å². The highest BCUT2D eigenvalue weighted by atomic mass is 127. The summed E-state index contributed by atoms with van der Waals surface area (Å²) < 4.78 is 0.615. The summed E-state index contributed by atoms with van der Waals surface area (Å²) in [5.41, 5.74) is 0.786. The van der Waals surface area contributed by atoms with Crippen molar-refractivity contribution in [3.63, 3.8) is 0 Å². The number of carbonyl (C=O) groups excluding carboxylic acids is 3. The van der Waals surface area contributed by atoms with Gasteiger partial charge in [0, 0.05) is 5.92 Å². The number of allylic oxidation sites excluding steroid dienone is 1. The number of rotatable bonds is 2. The third kappa shape index (κ3) is 2.38. The maximum Gasteiger partial charge on any atom is 0.163 e. The Morgan fingerprint density at radius 2 is 1.92 bits per heavy atom. The predicted octanol–water partition coefficient (Wildman–Crippen LogP) is 4.32. The Morgan fingerprint density at radius 1 is 1.16 bits per heavy atom. The second kappa shape index (κ2) is 6.00. The van der Waals surface area contributed by atoms with Gasteiger partial charge < -0.3 is 0 Å². The van der Waals surface area contributed by atoms with Gasteiger partial charge in [0.25, 0.3) is 0 Å². The molecule has 4 heteroatoms. The highest BCUT2D eigenvalue weighted by Gasteiger charge is 2.61. The molecule has 4 aliphatic carbocycles. The molecule has 0 aromatic heterocycles. The quantitative estimate of drug-likeness (QED) is 0.355. The third-order valence-electron chi connectivity index (χ3n) is 8.36. The largest absolute Gasteiger partial charge is 0.299 e. The average Bonchev–Trinajstić information content (AvgIpc) is 2.93. The van der Waals surface area contributed by atoms with Gasteiger partial charge >= 0.3 is 0 Å². The molecule has 136 valence electrons. The van der Waals surface area contributed by atoms with Crippen molar-refractivity contribution < 1.29 is 14.4 Å². The van der Waals surface area contributed by atoms with Crippen molar-refractivity contribution in [1.29, 1.82) is 0 Å². The van der Waals surface area contributed by atoms with Crippen LogP contribution < -0.4 is 0 Å². The zero-order valence-corrected chi connectivity index (χ0v) is 17.3. The van der Waals surface area contributed by atoms with Crippen LogP contribution in [0.3, 0.4) is 0 Å². The molecule has 6 atom stereocenters. The van der Waals surface area contributed by atoms with E-state index in [2.05, 4.69) is 36.4 Å². The zero-order valence-electron chi connectivity index (χ0n) is 15.1. The summed E-state index contributed by atoms with van der Waals surface area (Å²) in [6, 6.07) is 0. The number of Topliss-reactive ketones (excluding diaryl/α,β-unsaturated/α-hetero) is 2. The van der Waals surface area contributed by atoms with Gasteiger partial charge in [-0.25, -0.2) is 0 Å². The maximum absolute atomic E-state index is 12.9. The SMILES string of the molecule is C[C@]12C(=O)CC(=O)C=C1CC[C@@H]1[C@@H]2CC[C@]2(C)[C@@H](C(=O)CI)CC[C@@H]12. The first kappa shape index (κ1) is 17.9. The molecule has 0 heterocycles. The van der Waals surface area contributed by atoms with E-state index in [1.807, 2.05) is 0 Å². The van der Waals surface area contributed by atoms with Crippen LogP contribution in [-0.4, -0.2) is 21.8 Å². The monoisotopic (exact) mass is 454 g/mol. The standard InChI is InChI=1S/C21H27IO3/c1-20-8-7-16-14(15(20)5-6-17(20)18(24)11-22)4-3-12-9-13(23)10-19(25)21(12,16)2/h9,14-17H,3-8,10-11H2,1-2H3/t14-,15-,16-,17+,20-,21-/m0/s1. The van der Waals surface area contributed by atoms with Gasteiger partial charge in [-0.2, -0.15) is 0 Å². The van der Waals surface area contributed by atoms with Gasteiger partial charge in [-0.1, -0.05) is 35.1 Å². The molecular weight excluding hydrogens is 427 g/mol. The summed E-state index contributed by atoms with van der Waals surface area (Å²) in [5, 5.41) is 0. The first-order chi connectivity index (χ1) is 11.8. The van der Waals surface area contributed by atoms with Gasteiger partial charge in [0.2, 0.25) is 0 Å². The molecule has 3 saturated carbocycles. The minimum absolute atomic E-state index is 0.00912. The molecule has 0 aromatic carbocycles. The van der Waals surface area contributed by atoms with E-state index < -0.39 is 5.41 Å². The van der Waals surface area contributed by atoms with E-state index in [1.54, 1.807) is 6.08 Å². The summed E-state index contributed by atoms with van der Waals surface area (Å²) in [7, 11) is 0. The summed E-state index contributed by atoms with van der Waals surface area (Å²) in [6.45, 7) is 4.45. The normalized spacial score (nSPS) is 46.1. The lowest BCUT2D eigenvalue weighted by Crippen LogP contribution is -2.54. The van der Waals surface area contributed by atoms with E-state index in [0.717, 1.165) is 44.1 Å². The van der Waals surface area contributed by atoms with Crippen LogP contribution in [0.2, 0.25) is 0 Å².